The number of carboxylic acids is 1. The lowest BCUT2D eigenvalue weighted by molar-refractivity contribution is -0.135. The highest BCUT2D eigenvalue weighted by Gasteiger charge is 2.36. The molecule has 6 rings (SSSR count). The number of pyridine rings is 2. The Kier molecular flexibility index (Phi) is 5.72. The van der Waals surface area contributed by atoms with Gasteiger partial charge in [0, 0.05) is 55.1 Å². The molecule has 0 spiro atoms. The number of aromatic carboxylic acids is 1. The lowest BCUT2D eigenvalue weighted by Crippen LogP contribution is -2.40. The van der Waals surface area contributed by atoms with Crippen molar-refractivity contribution in [1.29, 1.82) is 0 Å². The van der Waals surface area contributed by atoms with E-state index in [0.29, 0.717) is 25.5 Å². The molecule has 37 heavy (non-hydrogen) atoms. The van der Waals surface area contributed by atoms with Gasteiger partial charge in [0.15, 0.2) is 0 Å². The van der Waals surface area contributed by atoms with E-state index in [1.807, 2.05) is 38.4 Å². The van der Waals surface area contributed by atoms with E-state index in [2.05, 4.69) is 20.6 Å². The van der Waals surface area contributed by atoms with Crippen molar-refractivity contribution >= 4 is 22.6 Å². The molecule has 1 amide bonds. The molecule has 1 aromatic carbocycles. The molecule has 1 saturated heterocycles. The summed E-state index contributed by atoms with van der Waals surface area (Å²) in [4.78, 5) is 39.7. The van der Waals surface area contributed by atoms with E-state index in [1.165, 1.54) is 12.3 Å². The van der Waals surface area contributed by atoms with Crippen LogP contribution in [-0.4, -0.2) is 61.7 Å². The summed E-state index contributed by atoms with van der Waals surface area (Å²) in [7, 11) is 1.84. The average molecular weight is 498 g/mol. The van der Waals surface area contributed by atoms with Crippen molar-refractivity contribution in [1.82, 2.24) is 24.4 Å². The van der Waals surface area contributed by atoms with Crippen LogP contribution in [0.15, 0.2) is 48.8 Å². The van der Waals surface area contributed by atoms with Crippen LogP contribution >= 0.6 is 0 Å². The van der Waals surface area contributed by atoms with Crippen molar-refractivity contribution in [2.24, 2.45) is 0 Å². The van der Waals surface area contributed by atoms with Crippen LogP contribution in [0, 0.1) is 0 Å². The number of amides is 1. The van der Waals surface area contributed by atoms with Crippen LogP contribution in [0.1, 0.15) is 53.7 Å². The molecule has 2 aliphatic rings. The zero-order valence-corrected chi connectivity index (χ0v) is 20.7. The maximum atomic E-state index is 12.9. The average Bonchev–Trinajstić information content (AvgIpc) is 3.30. The first-order valence-corrected chi connectivity index (χ1v) is 12.4. The molecule has 5 heterocycles. The van der Waals surface area contributed by atoms with Gasteiger partial charge in [-0.3, -0.25) is 9.78 Å². The number of nitrogens with zero attached hydrogens (tertiary/aromatic N) is 5. The molecule has 188 valence electrons. The van der Waals surface area contributed by atoms with Gasteiger partial charge < -0.3 is 19.3 Å². The number of fused-ring (bicyclic) bond motifs is 2. The Morgan fingerprint density at radius 3 is 2.65 bits per heavy atom. The molecule has 1 fully saturated rings. The number of carbonyl (C=O) groups is 2. The van der Waals surface area contributed by atoms with Gasteiger partial charge >= 0.3 is 5.97 Å². The fourth-order valence-corrected chi connectivity index (χ4v) is 5.47. The van der Waals surface area contributed by atoms with Gasteiger partial charge in [0.2, 0.25) is 5.91 Å². The Labute approximate surface area is 213 Å². The molecule has 9 nitrogen and oxygen atoms in total. The van der Waals surface area contributed by atoms with E-state index in [0.717, 1.165) is 52.0 Å². The number of carboxylic acid groups (broad SMARTS) is 1. The second kappa shape index (κ2) is 9.08. The molecule has 1 atom stereocenters. The number of likely N-dealkylation sites (N-methyl/N-ethyl adjacent to an activating group) is 1. The summed E-state index contributed by atoms with van der Waals surface area (Å²) in [5.41, 5.74) is 4.36. The van der Waals surface area contributed by atoms with Crippen molar-refractivity contribution in [3.05, 3.63) is 66.0 Å². The molecule has 0 unspecified atom stereocenters. The maximum absolute atomic E-state index is 12.9. The van der Waals surface area contributed by atoms with Crippen LogP contribution in [0.3, 0.4) is 0 Å². The number of aromatic nitrogens is 4. The van der Waals surface area contributed by atoms with Crippen molar-refractivity contribution < 1.29 is 19.4 Å². The van der Waals surface area contributed by atoms with Crippen LogP contribution in [0.5, 0.6) is 0 Å². The van der Waals surface area contributed by atoms with Gasteiger partial charge in [-0.2, -0.15) is 0 Å². The van der Waals surface area contributed by atoms with E-state index >= 15 is 0 Å². The Hall–Kier alpha value is -4.11. The fraction of sp³-hybridized carbons (Fsp3) is 0.321. The van der Waals surface area contributed by atoms with Crippen LogP contribution in [-0.2, 0) is 16.1 Å². The molecule has 9 heteroatoms. The number of benzene rings is 1. The van der Waals surface area contributed by atoms with Crippen LogP contribution < -0.4 is 0 Å². The summed E-state index contributed by atoms with van der Waals surface area (Å²) in [6.07, 6.45) is 5.15. The number of imidazole rings is 1. The van der Waals surface area contributed by atoms with Crippen LogP contribution in [0.2, 0.25) is 0 Å². The molecule has 3 aromatic heterocycles. The largest absolute Gasteiger partial charge is 0.477 e. The minimum absolute atomic E-state index is 0.00519. The number of hydrogen-bond acceptors (Lipinski definition) is 6. The minimum Gasteiger partial charge on any atom is -0.477 e. The Morgan fingerprint density at radius 2 is 1.92 bits per heavy atom. The van der Waals surface area contributed by atoms with Gasteiger partial charge in [-0.25, -0.2) is 14.8 Å². The second-order valence-corrected chi connectivity index (χ2v) is 9.73. The number of hydrogen-bond donors (Lipinski definition) is 1. The maximum Gasteiger partial charge on any atom is 0.354 e. The van der Waals surface area contributed by atoms with Gasteiger partial charge in [-0.15, -0.1) is 0 Å². The first-order valence-electron chi connectivity index (χ1n) is 12.4. The predicted octanol–water partition coefficient (Wildman–Crippen LogP) is 4.29. The molecular weight excluding hydrogens is 470 g/mol. The quantitative estimate of drug-likeness (QED) is 0.448. The smallest absolute Gasteiger partial charge is 0.354 e. The third-order valence-corrected chi connectivity index (χ3v) is 7.43. The highest BCUT2D eigenvalue weighted by Crippen LogP contribution is 2.39. The highest BCUT2D eigenvalue weighted by molar-refractivity contribution is 5.97. The van der Waals surface area contributed by atoms with E-state index in [-0.39, 0.29) is 23.6 Å². The summed E-state index contributed by atoms with van der Waals surface area (Å²) in [5.74, 6) is 0.249. The molecule has 4 aromatic rings. The summed E-state index contributed by atoms with van der Waals surface area (Å²) in [5, 5.41) is 11.1. The summed E-state index contributed by atoms with van der Waals surface area (Å²) >= 11 is 0. The first kappa shape index (κ1) is 23.3. The summed E-state index contributed by atoms with van der Waals surface area (Å²) < 4.78 is 7.75. The number of carbonyl (C=O) groups excluding carboxylic acids is 1. The third kappa shape index (κ3) is 3.95. The molecule has 2 aliphatic heterocycles. The topological polar surface area (TPSA) is 110 Å². The third-order valence-electron chi connectivity index (χ3n) is 7.43. The number of ether oxygens (including phenoxy) is 1. The molecule has 0 radical (unpaired) electrons. The highest BCUT2D eigenvalue weighted by atomic mass is 16.5. The van der Waals surface area contributed by atoms with Crippen molar-refractivity contribution in [3.8, 4) is 22.5 Å². The van der Waals surface area contributed by atoms with Gasteiger partial charge in [0.25, 0.3) is 0 Å². The monoisotopic (exact) mass is 497 g/mol. The molecule has 0 aliphatic carbocycles. The van der Waals surface area contributed by atoms with Crippen LogP contribution in [0.4, 0.5) is 0 Å². The first-order chi connectivity index (χ1) is 17.9. The van der Waals surface area contributed by atoms with E-state index in [4.69, 9.17) is 14.8 Å². The predicted molar refractivity (Wildman–Crippen MR) is 137 cm³/mol. The molecular formula is C28H27N5O4. The number of rotatable bonds is 4. The zero-order valence-electron chi connectivity index (χ0n) is 20.7. The summed E-state index contributed by atoms with van der Waals surface area (Å²) in [6, 6.07) is 11.0. The lowest BCUT2D eigenvalue weighted by Gasteiger charge is -2.32. The second-order valence-electron chi connectivity index (χ2n) is 9.73. The zero-order chi connectivity index (χ0) is 25.7. The van der Waals surface area contributed by atoms with Crippen LogP contribution in [0.25, 0.3) is 33.3 Å². The summed E-state index contributed by atoms with van der Waals surface area (Å²) in [6.45, 7) is 3.86. The normalized spacial score (nSPS) is 18.3. The van der Waals surface area contributed by atoms with Crippen molar-refractivity contribution in [2.75, 3.05) is 20.3 Å². The van der Waals surface area contributed by atoms with Gasteiger partial charge in [-0.1, -0.05) is 18.2 Å². The Bertz CT molecular complexity index is 1520. The van der Waals surface area contributed by atoms with Gasteiger partial charge in [0.05, 0.1) is 23.6 Å². The Morgan fingerprint density at radius 1 is 1.11 bits per heavy atom. The fourth-order valence-electron chi connectivity index (χ4n) is 5.47. The SMILES string of the molecule is C[C@@H]1C(=O)N(C)Cc2c(-c3cccc4cc(-c5ccc(C(=O)O)nc5)ncc34)nc(C3CCOCC3)n21. The van der Waals surface area contributed by atoms with Gasteiger partial charge in [0.1, 0.15) is 17.6 Å². The van der Waals surface area contributed by atoms with Crippen molar-refractivity contribution in [2.45, 2.75) is 38.3 Å². The van der Waals surface area contributed by atoms with E-state index in [1.54, 1.807) is 11.0 Å². The minimum atomic E-state index is -1.06. The Balaban J connectivity index is 1.47. The lowest BCUT2D eigenvalue weighted by atomic mass is 9.98. The molecule has 0 saturated carbocycles. The molecule has 1 N–H and O–H groups in total. The standard InChI is InChI=1S/C28H27N5O4/c1-16-27(34)32(2)15-24-25(31-26(33(16)24)17-8-10-37-11-9-17)20-5-3-4-18-12-23(30-14-21(18)20)19-6-7-22(28(35)36)29-13-19/h3-7,12-14,16-17H,8-11,15H2,1-2H3,(H,35,36)/t16-/m1/s1. The molecule has 0 bridgehead atoms. The van der Waals surface area contributed by atoms with Gasteiger partial charge in [-0.05, 0) is 43.4 Å². The van der Waals surface area contributed by atoms with Crippen molar-refractivity contribution in [3.63, 3.8) is 0 Å². The van der Waals surface area contributed by atoms with E-state index in [9.17, 15) is 9.59 Å². The van der Waals surface area contributed by atoms with E-state index < -0.39 is 5.97 Å².